The molecule has 1 unspecified atom stereocenters. The monoisotopic (exact) mass is 342 g/mol. The van der Waals surface area contributed by atoms with E-state index < -0.39 is 5.91 Å². The zero-order chi connectivity index (χ0) is 17.8. The van der Waals surface area contributed by atoms with Crippen molar-refractivity contribution >= 4 is 11.8 Å². The molecule has 0 aromatic heterocycles. The van der Waals surface area contributed by atoms with Crippen molar-refractivity contribution in [2.45, 2.75) is 18.9 Å². The first-order chi connectivity index (χ1) is 12.0. The molecular weight excluding hydrogens is 323 g/mol. The van der Waals surface area contributed by atoms with E-state index in [1.165, 1.54) is 24.3 Å². The second-order valence-corrected chi connectivity index (χ2v) is 6.11. The fourth-order valence-electron chi connectivity index (χ4n) is 2.93. The molecule has 25 heavy (non-hydrogen) atoms. The van der Waals surface area contributed by atoms with Gasteiger partial charge in [0, 0.05) is 19.5 Å². The van der Waals surface area contributed by atoms with Crippen LogP contribution in [0.5, 0.6) is 5.75 Å². The summed E-state index contributed by atoms with van der Waals surface area (Å²) in [5.74, 6) is -0.786. The van der Waals surface area contributed by atoms with Crippen LogP contribution >= 0.6 is 0 Å². The standard InChI is InChI=1S/C19H19FN2O3/c20-14-7-5-13(6-8-14)9-10-22-12-15(11-18(22)24)21-19(25)16-3-1-2-4-17(16)23/h1-8,15,23H,9-12H2,(H,21,25). The maximum absolute atomic E-state index is 12.9. The first kappa shape index (κ1) is 17.0. The Bertz CT molecular complexity index is 776. The molecule has 1 aliphatic heterocycles. The SMILES string of the molecule is O=C(NC1CC(=O)N(CCc2ccc(F)cc2)C1)c1ccccc1O. The number of nitrogens with zero attached hydrogens (tertiary/aromatic N) is 1. The van der Waals surface area contributed by atoms with E-state index in [1.807, 2.05) is 0 Å². The second-order valence-electron chi connectivity index (χ2n) is 6.11. The van der Waals surface area contributed by atoms with Gasteiger partial charge in [-0.05, 0) is 36.2 Å². The van der Waals surface area contributed by atoms with Gasteiger partial charge in [0.2, 0.25) is 5.91 Å². The van der Waals surface area contributed by atoms with Crippen LogP contribution in [-0.2, 0) is 11.2 Å². The third-order valence-corrected chi connectivity index (χ3v) is 4.28. The van der Waals surface area contributed by atoms with Crippen LogP contribution in [0.4, 0.5) is 4.39 Å². The minimum Gasteiger partial charge on any atom is -0.507 e. The Morgan fingerprint density at radius 1 is 1.20 bits per heavy atom. The van der Waals surface area contributed by atoms with Crippen molar-refractivity contribution in [1.29, 1.82) is 0 Å². The summed E-state index contributed by atoms with van der Waals surface area (Å²) in [6.45, 7) is 0.951. The van der Waals surface area contributed by atoms with E-state index in [4.69, 9.17) is 0 Å². The van der Waals surface area contributed by atoms with E-state index in [2.05, 4.69) is 5.32 Å². The van der Waals surface area contributed by atoms with Crippen molar-refractivity contribution in [1.82, 2.24) is 10.2 Å². The Morgan fingerprint density at radius 3 is 2.64 bits per heavy atom. The van der Waals surface area contributed by atoms with Crippen molar-refractivity contribution in [3.05, 3.63) is 65.5 Å². The zero-order valence-electron chi connectivity index (χ0n) is 13.6. The number of aromatic hydroxyl groups is 1. The van der Waals surface area contributed by atoms with Crippen molar-refractivity contribution in [3.63, 3.8) is 0 Å². The summed E-state index contributed by atoms with van der Waals surface area (Å²) in [7, 11) is 0. The van der Waals surface area contributed by atoms with Gasteiger partial charge in [-0.3, -0.25) is 9.59 Å². The second kappa shape index (κ2) is 7.34. The van der Waals surface area contributed by atoms with Crippen molar-refractivity contribution in [2.24, 2.45) is 0 Å². The molecule has 1 aliphatic rings. The highest BCUT2D eigenvalue weighted by molar-refractivity contribution is 5.97. The average Bonchev–Trinajstić information content (AvgIpc) is 2.94. The molecule has 5 nitrogen and oxygen atoms in total. The molecule has 3 rings (SSSR count). The Balaban J connectivity index is 1.54. The van der Waals surface area contributed by atoms with Gasteiger partial charge in [-0.25, -0.2) is 4.39 Å². The van der Waals surface area contributed by atoms with Gasteiger partial charge in [0.1, 0.15) is 11.6 Å². The lowest BCUT2D eigenvalue weighted by Gasteiger charge is -2.17. The highest BCUT2D eigenvalue weighted by Gasteiger charge is 2.30. The van der Waals surface area contributed by atoms with Gasteiger partial charge < -0.3 is 15.3 Å². The van der Waals surface area contributed by atoms with Gasteiger partial charge in [0.15, 0.2) is 0 Å². The fourth-order valence-corrected chi connectivity index (χ4v) is 2.93. The zero-order valence-corrected chi connectivity index (χ0v) is 13.6. The van der Waals surface area contributed by atoms with Crippen LogP contribution in [0.25, 0.3) is 0 Å². The van der Waals surface area contributed by atoms with Gasteiger partial charge >= 0.3 is 0 Å². The largest absolute Gasteiger partial charge is 0.507 e. The van der Waals surface area contributed by atoms with Gasteiger partial charge in [0.25, 0.3) is 5.91 Å². The number of hydrogen-bond acceptors (Lipinski definition) is 3. The summed E-state index contributed by atoms with van der Waals surface area (Å²) < 4.78 is 12.9. The van der Waals surface area contributed by atoms with Crippen LogP contribution in [0.3, 0.4) is 0 Å². The number of likely N-dealkylation sites (tertiary alicyclic amines) is 1. The number of carbonyl (C=O) groups excluding carboxylic acids is 2. The summed E-state index contributed by atoms with van der Waals surface area (Å²) >= 11 is 0. The molecule has 2 N–H and O–H groups in total. The van der Waals surface area contributed by atoms with Crippen molar-refractivity contribution in [3.8, 4) is 5.75 Å². The summed E-state index contributed by atoms with van der Waals surface area (Å²) in [5.41, 5.74) is 1.15. The maximum Gasteiger partial charge on any atom is 0.255 e. The van der Waals surface area contributed by atoms with E-state index in [-0.39, 0.29) is 35.5 Å². The van der Waals surface area contributed by atoms with E-state index in [0.29, 0.717) is 19.5 Å². The molecule has 1 atom stereocenters. The smallest absolute Gasteiger partial charge is 0.255 e. The lowest BCUT2D eigenvalue weighted by molar-refractivity contribution is -0.127. The number of hydrogen-bond donors (Lipinski definition) is 2. The Kier molecular flexibility index (Phi) is 4.97. The predicted octanol–water partition coefficient (Wildman–Crippen LogP) is 2.10. The minimum absolute atomic E-state index is 0.0234. The topological polar surface area (TPSA) is 69.6 Å². The Morgan fingerprint density at radius 2 is 1.92 bits per heavy atom. The lowest BCUT2D eigenvalue weighted by Crippen LogP contribution is -2.37. The molecule has 1 saturated heterocycles. The summed E-state index contributed by atoms with van der Waals surface area (Å²) in [6, 6.07) is 12.2. The van der Waals surface area contributed by atoms with Gasteiger partial charge in [-0.15, -0.1) is 0 Å². The first-order valence-electron chi connectivity index (χ1n) is 8.14. The fraction of sp³-hybridized carbons (Fsp3) is 0.263. The molecule has 0 spiro atoms. The normalized spacial score (nSPS) is 16.9. The number of rotatable bonds is 5. The van der Waals surface area contributed by atoms with Gasteiger partial charge in [0.05, 0.1) is 11.6 Å². The molecule has 130 valence electrons. The molecule has 0 saturated carbocycles. The number of phenols is 1. The number of amides is 2. The van der Waals surface area contributed by atoms with Crippen LogP contribution in [0.15, 0.2) is 48.5 Å². The average molecular weight is 342 g/mol. The number of para-hydroxylation sites is 1. The summed E-state index contributed by atoms with van der Waals surface area (Å²) in [6.07, 6.45) is 0.870. The predicted molar refractivity (Wildman–Crippen MR) is 90.7 cm³/mol. The summed E-state index contributed by atoms with van der Waals surface area (Å²) in [4.78, 5) is 26.0. The van der Waals surface area contributed by atoms with Crippen LogP contribution in [0, 0.1) is 5.82 Å². The third kappa shape index (κ3) is 4.15. The van der Waals surface area contributed by atoms with Crippen LogP contribution in [-0.4, -0.2) is 41.0 Å². The molecule has 2 amide bonds. The van der Waals surface area contributed by atoms with E-state index in [0.717, 1.165) is 5.56 Å². The van der Waals surface area contributed by atoms with Crippen molar-refractivity contribution < 1.29 is 19.1 Å². The maximum atomic E-state index is 12.9. The van der Waals surface area contributed by atoms with E-state index in [1.54, 1.807) is 29.2 Å². The molecule has 1 heterocycles. The van der Waals surface area contributed by atoms with Crippen molar-refractivity contribution in [2.75, 3.05) is 13.1 Å². The molecule has 0 bridgehead atoms. The Hall–Kier alpha value is -2.89. The lowest BCUT2D eigenvalue weighted by atomic mass is 10.1. The number of halogens is 1. The van der Waals surface area contributed by atoms with E-state index in [9.17, 15) is 19.1 Å². The quantitative estimate of drug-likeness (QED) is 0.874. The highest BCUT2D eigenvalue weighted by atomic mass is 19.1. The molecular formula is C19H19FN2O3. The number of carbonyl (C=O) groups is 2. The van der Waals surface area contributed by atoms with Crippen LogP contribution in [0.1, 0.15) is 22.3 Å². The summed E-state index contributed by atoms with van der Waals surface area (Å²) in [5, 5.41) is 12.5. The molecule has 2 aromatic carbocycles. The number of nitrogens with one attached hydrogen (secondary N) is 1. The van der Waals surface area contributed by atoms with Crippen LogP contribution < -0.4 is 5.32 Å². The van der Waals surface area contributed by atoms with Crippen LogP contribution in [0.2, 0.25) is 0 Å². The highest BCUT2D eigenvalue weighted by Crippen LogP contribution is 2.17. The molecule has 0 radical (unpaired) electrons. The minimum atomic E-state index is -0.392. The molecule has 2 aromatic rings. The Labute approximate surface area is 145 Å². The third-order valence-electron chi connectivity index (χ3n) is 4.28. The number of benzene rings is 2. The molecule has 6 heteroatoms. The molecule has 1 fully saturated rings. The molecule has 0 aliphatic carbocycles. The first-order valence-corrected chi connectivity index (χ1v) is 8.14. The van der Waals surface area contributed by atoms with E-state index >= 15 is 0 Å². The van der Waals surface area contributed by atoms with Gasteiger partial charge in [-0.1, -0.05) is 24.3 Å². The number of phenolic OH excluding ortho intramolecular Hbond substituents is 1. The van der Waals surface area contributed by atoms with Gasteiger partial charge in [-0.2, -0.15) is 0 Å².